The van der Waals surface area contributed by atoms with Crippen molar-refractivity contribution in [3.05, 3.63) is 48.6 Å². The highest BCUT2D eigenvalue weighted by atomic mass is 31.2. The first-order chi connectivity index (χ1) is 29.3. The van der Waals surface area contributed by atoms with Crippen LogP contribution in [0.3, 0.4) is 0 Å². The quantitative estimate of drug-likeness (QED) is 0.0164. The first-order valence-electron chi connectivity index (χ1n) is 23.7. The predicted molar refractivity (Wildman–Crippen MR) is 243 cm³/mol. The SMILES string of the molecule is CCCCCCCC/C=C\CCCCCCCC(O)CC(=O)NC(COP(=O)(O)OC1C(O)C(O)C(O)C(O)C1O)C(O)/C=C/CC/C=C/CC/C=C/CCCCCCCC. The lowest BCUT2D eigenvalue weighted by atomic mass is 9.85. The molecule has 0 aliphatic heterocycles. The van der Waals surface area contributed by atoms with E-state index in [1.807, 2.05) is 0 Å². The number of carbonyl (C=O) groups is 1. The molecule has 1 amide bonds. The molecule has 1 saturated carbocycles. The maximum absolute atomic E-state index is 13.0. The van der Waals surface area contributed by atoms with Crippen molar-refractivity contribution >= 4 is 13.7 Å². The van der Waals surface area contributed by atoms with Crippen molar-refractivity contribution in [2.75, 3.05) is 6.61 Å². The molecule has 0 aromatic heterocycles. The highest BCUT2D eigenvalue weighted by Crippen LogP contribution is 2.47. The molecular formula is C47H86NO12P. The van der Waals surface area contributed by atoms with E-state index in [1.54, 1.807) is 6.08 Å². The maximum Gasteiger partial charge on any atom is 0.472 e. The monoisotopic (exact) mass is 888 g/mol. The number of nitrogens with one attached hydrogen (secondary N) is 1. The van der Waals surface area contributed by atoms with E-state index in [1.165, 1.54) is 83.1 Å². The van der Waals surface area contributed by atoms with Gasteiger partial charge >= 0.3 is 7.82 Å². The molecule has 0 aromatic rings. The zero-order valence-electron chi connectivity index (χ0n) is 37.6. The van der Waals surface area contributed by atoms with E-state index >= 15 is 0 Å². The maximum atomic E-state index is 13.0. The van der Waals surface area contributed by atoms with Gasteiger partial charge in [-0.3, -0.25) is 13.8 Å². The summed E-state index contributed by atoms with van der Waals surface area (Å²) in [4.78, 5) is 23.4. The molecular weight excluding hydrogens is 801 g/mol. The Morgan fingerprint density at radius 2 is 0.967 bits per heavy atom. The van der Waals surface area contributed by atoms with Gasteiger partial charge in [0.1, 0.15) is 36.6 Å². The van der Waals surface area contributed by atoms with Gasteiger partial charge < -0.3 is 46.0 Å². The lowest BCUT2D eigenvalue weighted by molar-refractivity contribution is -0.220. The number of allylic oxidation sites excluding steroid dienone is 7. The molecule has 0 radical (unpaired) electrons. The minimum absolute atomic E-state index is 0.263. The number of amides is 1. The molecule has 61 heavy (non-hydrogen) atoms. The minimum Gasteiger partial charge on any atom is -0.393 e. The van der Waals surface area contributed by atoms with E-state index < -0.39 is 75.2 Å². The summed E-state index contributed by atoms with van der Waals surface area (Å²) in [5.74, 6) is -0.614. The third-order valence-corrected chi connectivity index (χ3v) is 12.1. The molecule has 8 unspecified atom stereocenters. The van der Waals surface area contributed by atoms with E-state index in [2.05, 4.69) is 55.6 Å². The van der Waals surface area contributed by atoms with E-state index in [9.17, 15) is 50.0 Å². The zero-order valence-corrected chi connectivity index (χ0v) is 38.5. The molecule has 1 aliphatic carbocycles. The zero-order chi connectivity index (χ0) is 45.1. The van der Waals surface area contributed by atoms with Gasteiger partial charge in [0.25, 0.3) is 0 Å². The fraction of sp³-hybridized carbons (Fsp3) is 0.809. The number of unbranched alkanes of at least 4 members (excludes halogenated alkanes) is 19. The van der Waals surface area contributed by atoms with Crippen LogP contribution in [0.5, 0.6) is 0 Å². The number of phosphoric acid groups is 1. The van der Waals surface area contributed by atoms with Crippen LogP contribution in [0.2, 0.25) is 0 Å². The van der Waals surface area contributed by atoms with Crippen LogP contribution in [0.15, 0.2) is 48.6 Å². The van der Waals surface area contributed by atoms with Crippen molar-refractivity contribution in [3.63, 3.8) is 0 Å². The van der Waals surface area contributed by atoms with Crippen LogP contribution in [0.1, 0.15) is 181 Å². The van der Waals surface area contributed by atoms with Gasteiger partial charge in [-0.15, -0.1) is 0 Å². The minimum atomic E-state index is -5.15. The largest absolute Gasteiger partial charge is 0.472 e. The van der Waals surface area contributed by atoms with Gasteiger partial charge in [0.2, 0.25) is 5.91 Å². The fourth-order valence-corrected chi connectivity index (χ4v) is 8.17. The Kier molecular flexibility index (Phi) is 34.3. The Labute approximate surface area is 368 Å². The van der Waals surface area contributed by atoms with Crippen LogP contribution in [0.25, 0.3) is 0 Å². The van der Waals surface area contributed by atoms with Gasteiger partial charge in [-0.1, -0.05) is 152 Å². The highest BCUT2D eigenvalue weighted by molar-refractivity contribution is 7.47. The normalized spacial score (nSPS) is 23.6. The number of hydrogen-bond acceptors (Lipinski definition) is 11. The van der Waals surface area contributed by atoms with Gasteiger partial charge in [-0.25, -0.2) is 4.57 Å². The number of carbonyl (C=O) groups excluding carboxylic acids is 1. The van der Waals surface area contributed by atoms with Crippen molar-refractivity contribution in [2.24, 2.45) is 0 Å². The molecule has 1 rings (SSSR count). The topological polar surface area (TPSA) is 226 Å². The van der Waals surface area contributed by atoms with E-state index in [0.29, 0.717) is 19.3 Å². The van der Waals surface area contributed by atoms with Crippen molar-refractivity contribution in [1.29, 1.82) is 0 Å². The number of hydrogen-bond donors (Lipinski definition) is 9. The van der Waals surface area contributed by atoms with Gasteiger partial charge in [0, 0.05) is 0 Å². The Balaban J connectivity index is 2.59. The van der Waals surface area contributed by atoms with Crippen molar-refractivity contribution in [2.45, 2.75) is 236 Å². The van der Waals surface area contributed by atoms with E-state index in [0.717, 1.165) is 64.2 Å². The average Bonchev–Trinajstić information content (AvgIpc) is 3.23. The summed E-state index contributed by atoms with van der Waals surface area (Å²) >= 11 is 0. The lowest BCUT2D eigenvalue weighted by Gasteiger charge is -2.41. The summed E-state index contributed by atoms with van der Waals surface area (Å²) in [6, 6.07) is -1.27. The first-order valence-corrected chi connectivity index (χ1v) is 25.2. The van der Waals surface area contributed by atoms with Crippen molar-refractivity contribution in [1.82, 2.24) is 5.32 Å². The second-order valence-corrected chi connectivity index (χ2v) is 18.2. The van der Waals surface area contributed by atoms with Gasteiger partial charge in [0.05, 0.1) is 31.3 Å². The molecule has 356 valence electrons. The molecule has 14 heteroatoms. The van der Waals surface area contributed by atoms with Crippen LogP contribution < -0.4 is 5.32 Å². The van der Waals surface area contributed by atoms with Gasteiger partial charge in [-0.2, -0.15) is 0 Å². The lowest BCUT2D eigenvalue weighted by Crippen LogP contribution is -2.64. The van der Waals surface area contributed by atoms with Crippen LogP contribution in [0.4, 0.5) is 0 Å². The molecule has 0 bridgehead atoms. The average molecular weight is 888 g/mol. The fourth-order valence-electron chi connectivity index (χ4n) is 7.21. The standard InChI is InChI=1S/C47H86NO12P/c1-3-5-7-9-11-13-15-17-19-21-23-25-27-29-31-33-35-40(50)39(37-59-61(57,58)60-47-45(55)43(53)42(52)44(54)46(47)56)48-41(51)36-38(49)34-32-30-28-26-24-22-20-18-16-14-12-10-8-6-4-2/h17-20,25,27,33,35,38-40,42-47,49-50,52-56H,3-16,21-24,26,28-32,34,36-37H2,1-2H3,(H,48,51)(H,57,58)/b19-17+,20-18-,27-25+,35-33+. The second-order valence-electron chi connectivity index (χ2n) is 16.8. The summed E-state index contributed by atoms with van der Waals surface area (Å²) in [5.41, 5.74) is 0. The molecule has 1 aliphatic rings. The number of phosphoric ester groups is 1. The third kappa shape index (κ3) is 28.6. The highest BCUT2D eigenvalue weighted by Gasteiger charge is 2.51. The van der Waals surface area contributed by atoms with Gasteiger partial charge in [0.15, 0.2) is 0 Å². The summed E-state index contributed by atoms with van der Waals surface area (Å²) in [5, 5.41) is 74.4. The number of rotatable bonds is 38. The summed E-state index contributed by atoms with van der Waals surface area (Å²) in [7, 11) is -5.15. The van der Waals surface area contributed by atoms with Crippen LogP contribution >= 0.6 is 7.82 Å². The molecule has 0 spiro atoms. The molecule has 0 aromatic carbocycles. The molecule has 0 saturated heterocycles. The van der Waals surface area contributed by atoms with Crippen molar-refractivity contribution in [3.8, 4) is 0 Å². The first kappa shape index (κ1) is 57.3. The predicted octanol–water partition coefficient (Wildman–Crippen LogP) is 7.92. The molecule has 1 fully saturated rings. The Morgan fingerprint density at radius 3 is 1.44 bits per heavy atom. The Bertz CT molecular complexity index is 1230. The van der Waals surface area contributed by atoms with Crippen molar-refractivity contribution < 1.29 is 59.0 Å². The number of aliphatic hydroxyl groups is 7. The van der Waals surface area contributed by atoms with Crippen LogP contribution in [-0.4, -0.2) is 108 Å². The molecule has 8 atom stereocenters. The Morgan fingerprint density at radius 1 is 0.574 bits per heavy atom. The summed E-state index contributed by atoms with van der Waals surface area (Å²) < 4.78 is 22.8. The third-order valence-electron chi connectivity index (χ3n) is 11.1. The second kappa shape index (κ2) is 36.6. The molecule has 9 N–H and O–H groups in total. The summed E-state index contributed by atoms with van der Waals surface area (Å²) in [6.07, 6.45) is 29.1. The molecule has 13 nitrogen and oxygen atoms in total. The Hall–Kier alpha value is -1.74. The van der Waals surface area contributed by atoms with E-state index in [4.69, 9.17) is 9.05 Å². The van der Waals surface area contributed by atoms with Crippen LogP contribution in [0, 0.1) is 0 Å². The smallest absolute Gasteiger partial charge is 0.393 e. The summed E-state index contributed by atoms with van der Waals surface area (Å²) in [6.45, 7) is 3.70. The molecule has 0 heterocycles. The van der Waals surface area contributed by atoms with Gasteiger partial charge in [-0.05, 0) is 70.6 Å². The van der Waals surface area contributed by atoms with E-state index in [-0.39, 0.29) is 6.42 Å². The van der Waals surface area contributed by atoms with Crippen LogP contribution in [-0.2, 0) is 18.4 Å². The number of aliphatic hydroxyl groups excluding tert-OH is 7.